The van der Waals surface area contributed by atoms with E-state index in [4.69, 9.17) is 0 Å². The van der Waals surface area contributed by atoms with E-state index >= 15 is 0 Å². The van der Waals surface area contributed by atoms with Gasteiger partial charge in [0.2, 0.25) is 0 Å². The Labute approximate surface area is 148 Å². The van der Waals surface area contributed by atoms with E-state index in [2.05, 4.69) is 15.5 Å². The Balaban J connectivity index is 1.82. The van der Waals surface area contributed by atoms with Crippen LogP contribution < -0.4 is 14.9 Å². The molecule has 7 heteroatoms. The summed E-state index contributed by atoms with van der Waals surface area (Å²) in [5.74, 6) is 0.316. The highest BCUT2D eigenvalue weighted by Gasteiger charge is 2.16. The third kappa shape index (κ3) is 3.89. The first-order valence-corrected chi connectivity index (χ1v) is 8.46. The van der Waals surface area contributed by atoms with E-state index in [-0.39, 0.29) is 10.8 Å². The van der Waals surface area contributed by atoms with E-state index in [1.54, 1.807) is 24.3 Å². The molecule has 0 aliphatic carbocycles. The summed E-state index contributed by atoms with van der Waals surface area (Å²) in [4.78, 5) is 27.0. The Morgan fingerprint density at radius 2 is 1.96 bits per heavy atom. The summed E-state index contributed by atoms with van der Waals surface area (Å²) in [5, 5.41) is 3.97. The highest BCUT2D eigenvalue weighted by atomic mass is 32.1. The maximum Gasteiger partial charge on any atom is 0.390 e. The third-order valence-electron chi connectivity index (χ3n) is 3.74. The van der Waals surface area contributed by atoms with Gasteiger partial charge in [-0.2, -0.15) is 10.1 Å². The molecule has 2 aromatic heterocycles. The number of benzene rings is 1. The maximum atomic E-state index is 12.0. The van der Waals surface area contributed by atoms with Crippen molar-refractivity contribution in [1.82, 2.24) is 10.4 Å². The lowest BCUT2D eigenvalue weighted by Crippen LogP contribution is -2.32. The van der Waals surface area contributed by atoms with Crippen molar-refractivity contribution in [2.24, 2.45) is 5.10 Å². The minimum absolute atomic E-state index is 0.184. The minimum atomic E-state index is -0.305. The van der Waals surface area contributed by atoms with E-state index < -0.39 is 0 Å². The van der Waals surface area contributed by atoms with Gasteiger partial charge in [0.1, 0.15) is 4.88 Å². The van der Waals surface area contributed by atoms with Crippen LogP contribution in [0.1, 0.15) is 26.4 Å². The smallest absolute Gasteiger partial charge is 0.267 e. The molecule has 25 heavy (non-hydrogen) atoms. The quantitative estimate of drug-likeness (QED) is 0.428. The van der Waals surface area contributed by atoms with Crippen molar-refractivity contribution >= 4 is 23.5 Å². The molecule has 2 N–H and O–H groups in total. The molecule has 1 amide bonds. The first-order valence-electron chi connectivity index (χ1n) is 7.65. The van der Waals surface area contributed by atoms with Crippen molar-refractivity contribution in [2.45, 2.75) is 13.8 Å². The molecular formula is C18H17N4O2S+. The number of aryl methyl sites for hydroxylation is 2. The lowest BCUT2D eigenvalue weighted by molar-refractivity contribution is -0.599. The third-order valence-corrected chi connectivity index (χ3v) is 4.54. The normalized spacial score (nSPS) is 11.0. The zero-order valence-corrected chi connectivity index (χ0v) is 14.6. The number of carbonyl (C=O) groups is 1. The number of rotatable bonds is 4. The number of hydrogen-bond acceptors (Lipinski definition) is 4. The van der Waals surface area contributed by atoms with Crippen LogP contribution in [0.15, 0.2) is 58.7 Å². The summed E-state index contributed by atoms with van der Waals surface area (Å²) in [6, 6.07) is 10.8. The van der Waals surface area contributed by atoms with Crippen LogP contribution in [0.3, 0.4) is 0 Å². The molecule has 0 aliphatic heterocycles. The summed E-state index contributed by atoms with van der Waals surface area (Å²) in [7, 11) is 0. The molecule has 0 spiro atoms. The van der Waals surface area contributed by atoms with E-state index in [1.165, 1.54) is 11.8 Å². The Morgan fingerprint density at radius 3 is 2.68 bits per heavy atom. The number of hydrazone groups is 1. The number of amides is 1. The van der Waals surface area contributed by atoms with Crippen molar-refractivity contribution < 1.29 is 9.36 Å². The topological polar surface area (TPSA) is 78.2 Å². The van der Waals surface area contributed by atoms with E-state index in [0.717, 1.165) is 16.9 Å². The molecule has 0 unspecified atom stereocenters. The van der Waals surface area contributed by atoms with Crippen molar-refractivity contribution in [3.8, 4) is 5.82 Å². The van der Waals surface area contributed by atoms with Gasteiger partial charge in [-0.15, -0.1) is 0 Å². The number of aromatic amines is 1. The van der Waals surface area contributed by atoms with Crippen molar-refractivity contribution in [1.29, 1.82) is 0 Å². The number of thiazole rings is 1. The number of pyridine rings is 1. The summed E-state index contributed by atoms with van der Waals surface area (Å²) in [6.45, 7) is 4.03. The van der Waals surface area contributed by atoms with Gasteiger partial charge in [0, 0.05) is 5.56 Å². The van der Waals surface area contributed by atoms with Crippen LogP contribution in [0.5, 0.6) is 0 Å². The maximum absolute atomic E-state index is 12.0. The second kappa shape index (κ2) is 7.23. The monoisotopic (exact) mass is 353 g/mol. The predicted molar refractivity (Wildman–Crippen MR) is 97.4 cm³/mol. The standard InChI is InChI=1S/C18H16N4O2S/c1-12-8-9-22(11-13(12)2)16-15(25-18(24)20-16)10-19-21-17(23)14-6-4-3-5-7-14/h3-11H,1-2H3,(H-,19,20,21,23,24)/p+1. The number of H-pyrrole nitrogens is 1. The fourth-order valence-corrected chi connectivity index (χ4v) is 2.94. The summed E-state index contributed by atoms with van der Waals surface area (Å²) >= 11 is 1.03. The van der Waals surface area contributed by atoms with Gasteiger partial charge in [-0.1, -0.05) is 18.2 Å². The van der Waals surface area contributed by atoms with Gasteiger partial charge >= 0.3 is 10.7 Å². The number of nitrogens with one attached hydrogen (secondary N) is 2. The summed E-state index contributed by atoms with van der Waals surface area (Å²) in [5.41, 5.74) is 5.26. The average Bonchev–Trinajstić information content (AvgIpc) is 2.98. The highest BCUT2D eigenvalue weighted by Crippen LogP contribution is 2.08. The lowest BCUT2D eigenvalue weighted by Gasteiger charge is -2.01. The van der Waals surface area contributed by atoms with Crippen molar-refractivity contribution in [3.05, 3.63) is 80.0 Å². The van der Waals surface area contributed by atoms with Crippen LogP contribution in [0.2, 0.25) is 0 Å². The molecule has 2 heterocycles. The average molecular weight is 353 g/mol. The van der Waals surface area contributed by atoms with Crippen molar-refractivity contribution in [2.75, 3.05) is 0 Å². The lowest BCUT2D eigenvalue weighted by atomic mass is 10.2. The van der Waals surface area contributed by atoms with Crippen LogP contribution in [-0.4, -0.2) is 17.1 Å². The number of aromatic nitrogens is 2. The van der Waals surface area contributed by atoms with E-state index in [0.29, 0.717) is 16.3 Å². The Morgan fingerprint density at radius 1 is 1.20 bits per heavy atom. The zero-order chi connectivity index (χ0) is 17.8. The number of carbonyl (C=O) groups excluding carboxylic acids is 1. The summed E-state index contributed by atoms with van der Waals surface area (Å²) < 4.78 is 1.83. The van der Waals surface area contributed by atoms with Gasteiger partial charge in [0.05, 0.1) is 18.6 Å². The molecule has 1 aromatic carbocycles. The molecule has 0 radical (unpaired) electrons. The minimum Gasteiger partial charge on any atom is -0.267 e. The van der Waals surface area contributed by atoms with Crippen LogP contribution in [0.25, 0.3) is 5.82 Å². The van der Waals surface area contributed by atoms with Crippen LogP contribution in [0, 0.1) is 13.8 Å². The SMILES string of the molecule is Cc1cc[n+](-c2[nH]c(=O)sc2C=NNC(=O)c2ccccc2)cc1C. The molecule has 0 saturated carbocycles. The molecule has 0 saturated heterocycles. The van der Waals surface area contributed by atoms with Crippen LogP contribution in [0.4, 0.5) is 0 Å². The molecule has 3 rings (SSSR count). The number of hydrogen-bond donors (Lipinski definition) is 2. The van der Waals surface area contributed by atoms with Gasteiger partial charge in [-0.3, -0.25) is 4.79 Å². The Kier molecular flexibility index (Phi) is 4.85. The Hall–Kier alpha value is -3.06. The van der Waals surface area contributed by atoms with Crippen LogP contribution in [-0.2, 0) is 0 Å². The first kappa shape index (κ1) is 16.8. The van der Waals surface area contributed by atoms with Crippen molar-refractivity contribution in [3.63, 3.8) is 0 Å². The van der Waals surface area contributed by atoms with E-state index in [9.17, 15) is 9.59 Å². The first-order chi connectivity index (χ1) is 12.0. The molecular weight excluding hydrogens is 336 g/mol. The number of nitrogens with zero attached hydrogens (tertiary/aromatic N) is 2. The molecule has 0 fully saturated rings. The second-order valence-corrected chi connectivity index (χ2v) is 6.53. The second-order valence-electron chi connectivity index (χ2n) is 5.51. The predicted octanol–water partition coefficient (Wildman–Crippen LogP) is 2.09. The van der Waals surface area contributed by atoms with Gasteiger partial charge in [0.25, 0.3) is 5.91 Å². The zero-order valence-electron chi connectivity index (χ0n) is 13.8. The fraction of sp³-hybridized carbons (Fsp3) is 0.111. The highest BCUT2D eigenvalue weighted by molar-refractivity contribution is 7.11. The van der Waals surface area contributed by atoms with Gasteiger partial charge in [0.15, 0.2) is 0 Å². The molecule has 3 aromatic rings. The van der Waals surface area contributed by atoms with Gasteiger partial charge < -0.3 is 0 Å². The van der Waals surface area contributed by atoms with E-state index in [1.807, 2.05) is 42.9 Å². The fourth-order valence-electron chi connectivity index (χ4n) is 2.23. The largest absolute Gasteiger partial charge is 0.390 e. The van der Waals surface area contributed by atoms with Gasteiger partial charge in [-0.05, 0) is 54.5 Å². The van der Waals surface area contributed by atoms with Gasteiger partial charge in [-0.25, -0.2) is 14.8 Å². The summed E-state index contributed by atoms with van der Waals surface area (Å²) in [6.07, 6.45) is 5.29. The molecule has 0 bridgehead atoms. The molecule has 126 valence electrons. The molecule has 6 nitrogen and oxygen atoms in total. The Bertz CT molecular complexity index is 990. The van der Waals surface area contributed by atoms with Crippen LogP contribution >= 0.6 is 11.3 Å². The molecule has 0 atom stereocenters. The molecule has 0 aliphatic rings.